The molecular formula is C25H20ClF3N2O2. The van der Waals surface area contributed by atoms with E-state index in [1.807, 2.05) is 12.1 Å². The number of amides is 1. The lowest BCUT2D eigenvalue weighted by atomic mass is 9.87. The molecule has 0 aliphatic carbocycles. The molecule has 0 unspecified atom stereocenters. The summed E-state index contributed by atoms with van der Waals surface area (Å²) in [6.45, 7) is 0. The Kier molecular flexibility index (Phi) is 6.33. The van der Waals surface area contributed by atoms with Gasteiger partial charge in [0.05, 0.1) is 17.7 Å². The topological polar surface area (TPSA) is 54.1 Å². The number of anilines is 1. The van der Waals surface area contributed by atoms with Crippen molar-refractivity contribution in [1.29, 1.82) is 0 Å². The molecular weight excluding hydrogens is 453 g/mol. The van der Waals surface area contributed by atoms with Crippen molar-refractivity contribution in [2.75, 3.05) is 12.4 Å². The number of fused-ring (bicyclic) bond motifs is 1. The summed E-state index contributed by atoms with van der Waals surface area (Å²) in [6, 6.07) is 18.0. The van der Waals surface area contributed by atoms with Crippen molar-refractivity contribution < 1.29 is 22.7 Å². The molecule has 4 aromatic rings. The van der Waals surface area contributed by atoms with Crippen LogP contribution in [-0.2, 0) is 11.0 Å². The highest BCUT2D eigenvalue weighted by Crippen LogP contribution is 2.40. The van der Waals surface area contributed by atoms with E-state index in [1.54, 1.807) is 42.6 Å². The molecule has 0 saturated carbocycles. The molecule has 0 aliphatic rings. The first-order chi connectivity index (χ1) is 15.8. The van der Waals surface area contributed by atoms with Crippen LogP contribution in [0.5, 0.6) is 5.75 Å². The average Bonchev–Trinajstić information content (AvgIpc) is 3.20. The molecule has 0 bridgehead atoms. The van der Waals surface area contributed by atoms with E-state index in [0.717, 1.165) is 17.0 Å². The van der Waals surface area contributed by atoms with Crippen LogP contribution in [0.1, 0.15) is 29.0 Å². The molecule has 4 rings (SSSR count). The van der Waals surface area contributed by atoms with E-state index in [1.165, 1.54) is 19.2 Å². The Morgan fingerprint density at radius 1 is 1.09 bits per heavy atom. The third kappa shape index (κ3) is 4.98. The molecule has 33 heavy (non-hydrogen) atoms. The van der Waals surface area contributed by atoms with E-state index in [2.05, 4.69) is 10.3 Å². The maximum atomic E-state index is 13.5. The lowest BCUT2D eigenvalue weighted by Gasteiger charge is -2.19. The predicted octanol–water partition coefficient (Wildman–Crippen LogP) is 7.01. The molecule has 1 aromatic heterocycles. The second-order valence-electron chi connectivity index (χ2n) is 7.56. The highest BCUT2D eigenvalue weighted by Gasteiger charge is 2.34. The third-order valence-electron chi connectivity index (χ3n) is 5.44. The second-order valence-corrected chi connectivity index (χ2v) is 7.97. The van der Waals surface area contributed by atoms with Crippen LogP contribution < -0.4 is 10.1 Å². The Bertz CT molecular complexity index is 1290. The van der Waals surface area contributed by atoms with Gasteiger partial charge < -0.3 is 15.0 Å². The normalized spacial score (nSPS) is 12.5. The fourth-order valence-corrected chi connectivity index (χ4v) is 4.06. The van der Waals surface area contributed by atoms with Crippen LogP contribution in [0.3, 0.4) is 0 Å². The summed E-state index contributed by atoms with van der Waals surface area (Å²) in [7, 11) is 1.53. The summed E-state index contributed by atoms with van der Waals surface area (Å²) in [4.78, 5) is 16.0. The van der Waals surface area contributed by atoms with Crippen molar-refractivity contribution in [1.82, 2.24) is 4.98 Å². The van der Waals surface area contributed by atoms with Gasteiger partial charge in [-0.05, 0) is 53.6 Å². The Labute approximate surface area is 193 Å². The Morgan fingerprint density at radius 2 is 1.85 bits per heavy atom. The van der Waals surface area contributed by atoms with Gasteiger partial charge in [-0.3, -0.25) is 4.79 Å². The number of hydrogen-bond donors (Lipinski definition) is 2. The number of carbonyl (C=O) groups is 1. The molecule has 0 spiro atoms. The molecule has 8 heteroatoms. The van der Waals surface area contributed by atoms with Gasteiger partial charge in [0, 0.05) is 35.1 Å². The summed E-state index contributed by atoms with van der Waals surface area (Å²) in [6.07, 6.45) is -2.97. The third-order valence-corrected chi connectivity index (χ3v) is 5.77. The number of methoxy groups -OCH3 is 1. The summed E-state index contributed by atoms with van der Waals surface area (Å²) in [5.74, 6) is -0.386. The predicted molar refractivity (Wildman–Crippen MR) is 123 cm³/mol. The summed E-state index contributed by atoms with van der Waals surface area (Å²) >= 11 is 5.84. The van der Waals surface area contributed by atoms with Gasteiger partial charge in [0.15, 0.2) is 0 Å². The minimum absolute atomic E-state index is 0.0714. The van der Waals surface area contributed by atoms with Gasteiger partial charge in [-0.2, -0.15) is 13.2 Å². The minimum Gasteiger partial charge on any atom is -0.497 e. The minimum atomic E-state index is -4.62. The van der Waals surface area contributed by atoms with Crippen molar-refractivity contribution >= 4 is 34.1 Å². The summed E-state index contributed by atoms with van der Waals surface area (Å²) in [5, 5.41) is 3.18. The van der Waals surface area contributed by atoms with E-state index in [0.29, 0.717) is 22.6 Å². The number of aromatic nitrogens is 1. The van der Waals surface area contributed by atoms with Gasteiger partial charge in [0.2, 0.25) is 5.91 Å². The smallest absolute Gasteiger partial charge is 0.417 e. The van der Waals surface area contributed by atoms with Crippen LogP contribution in [0.25, 0.3) is 10.9 Å². The molecule has 0 saturated heterocycles. The van der Waals surface area contributed by atoms with Crippen LogP contribution in [0.15, 0.2) is 72.9 Å². The molecule has 1 heterocycles. The number of benzene rings is 3. The number of para-hydroxylation sites is 1. The monoisotopic (exact) mass is 472 g/mol. The van der Waals surface area contributed by atoms with Gasteiger partial charge in [0.25, 0.3) is 0 Å². The maximum absolute atomic E-state index is 13.5. The zero-order valence-electron chi connectivity index (χ0n) is 17.5. The molecule has 0 radical (unpaired) electrons. The van der Waals surface area contributed by atoms with Crippen molar-refractivity contribution in [3.8, 4) is 5.75 Å². The van der Waals surface area contributed by atoms with Crippen molar-refractivity contribution in [2.24, 2.45) is 0 Å². The Balaban J connectivity index is 1.79. The van der Waals surface area contributed by atoms with Gasteiger partial charge in [0.1, 0.15) is 5.75 Å². The summed E-state index contributed by atoms with van der Waals surface area (Å²) in [5.41, 5.74) is 1.46. The van der Waals surface area contributed by atoms with Crippen LogP contribution in [-0.4, -0.2) is 18.0 Å². The van der Waals surface area contributed by atoms with E-state index >= 15 is 0 Å². The Morgan fingerprint density at radius 3 is 2.55 bits per heavy atom. The molecule has 1 atom stereocenters. The summed E-state index contributed by atoms with van der Waals surface area (Å²) < 4.78 is 46.0. The van der Waals surface area contributed by atoms with Crippen molar-refractivity contribution in [3.05, 3.63) is 94.6 Å². The fourth-order valence-electron chi connectivity index (χ4n) is 3.84. The van der Waals surface area contributed by atoms with Crippen LogP contribution in [0, 0.1) is 0 Å². The highest BCUT2D eigenvalue weighted by molar-refractivity contribution is 6.31. The first-order valence-electron chi connectivity index (χ1n) is 10.1. The van der Waals surface area contributed by atoms with Gasteiger partial charge in [-0.1, -0.05) is 35.9 Å². The number of halogens is 4. The van der Waals surface area contributed by atoms with Crippen LogP contribution in [0.4, 0.5) is 18.9 Å². The van der Waals surface area contributed by atoms with Crippen molar-refractivity contribution in [2.45, 2.75) is 18.5 Å². The van der Waals surface area contributed by atoms with E-state index in [4.69, 9.17) is 16.3 Å². The molecule has 2 N–H and O–H groups in total. The van der Waals surface area contributed by atoms with Crippen LogP contribution in [0.2, 0.25) is 5.02 Å². The highest BCUT2D eigenvalue weighted by atomic mass is 35.5. The van der Waals surface area contributed by atoms with Crippen molar-refractivity contribution in [3.63, 3.8) is 0 Å². The molecule has 0 aliphatic heterocycles. The largest absolute Gasteiger partial charge is 0.497 e. The van der Waals surface area contributed by atoms with Crippen LogP contribution >= 0.6 is 11.6 Å². The molecule has 1 amide bonds. The number of ether oxygens (including phenoxy) is 1. The number of carbonyl (C=O) groups excluding carboxylic acids is 1. The number of hydrogen-bond acceptors (Lipinski definition) is 2. The van der Waals surface area contributed by atoms with E-state index < -0.39 is 17.7 Å². The standard InChI is InChI=1S/C25H20ClF3N2O2/c1-33-17-8-10-23-19(12-17)20(14-30-23)18(13-24(32)31-16-5-3-2-4-6-16)15-7-9-22(26)21(11-15)25(27,28)29/h2-12,14,18,30H,13H2,1H3,(H,31,32)/t18-/m1/s1. The number of rotatable bonds is 6. The lowest BCUT2D eigenvalue weighted by Crippen LogP contribution is -2.17. The second kappa shape index (κ2) is 9.19. The number of aromatic amines is 1. The number of nitrogens with one attached hydrogen (secondary N) is 2. The number of alkyl halides is 3. The first kappa shape index (κ1) is 22.7. The molecule has 170 valence electrons. The van der Waals surface area contributed by atoms with E-state index in [9.17, 15) is 18.0 Å². The van der Waals surface area contributed by atoms with Gasteiger partial charge >= 0.3 is 6.18 Å². The van der Waals surface area contributed by atoms with Gasteiger partial charge in [-0.25, -0.2) is 0 Å². The average molecular weight is 473 g/mol. The first-order valence-corrected chi connectivity index (χ1v) is 10.5. The SMILES string of the molecule is COc1ccc2[nH]cc([C@H](CC(=O)Nc3ccccc3)c3ccc(Cl)c(C(F)(F)F)c3)c2c1. The quantitative estimate of drug-likeness (QED) is 0.317. The Hall–Kier alpha value is -3.45. The molecule has 3 aromatic carbocycles. The number of H-pyrrole nitrogens is 1. The molecule has 0 fully saturated rings. The molecule has 4 nitrogen and oxygen atoms in total. The lowest BCUT2D eigenvalue weighted by molar-refractivity contribution is -0.137. The van der Waals surface area contributed by atoms with E-state index in [-0.39, 0.29) is 17.4 Å². The zero-order chi connectivity index (χ0) is 23.6. The fraction of sp³-hybridized carbons (Fsp3) is 0.160. The van der Waals surface area contributed by atoms with Gasteiger partial charge in [-0.15, -0.1) is 0 Å². The zero-order valence-corrected chi connectivity index (χ0v) is 18.3. The maximum Gasteiger partial charge on any atom is 0.417 e.